The molecule has 0 fully saturated rings. The molecule has 3 aromatic carbocycles. The normalized spacial score (nSPS) is 16.6. The van der Waals surface area contributed by atoms with E-state index >= 15 is 0 Å². The number of phenols is 1. The average Bonchev–Trinajstić information content (AvgIpc) is 3.22. The molecule has 0 amide bonds. The number of thiazole rings is 1. The maximum Gasteiger partial charge on any atom is 0.271 e. The number of hydrogen-bond donors (Lipinski definition) is 1. The number of hydrogen-bond acceptors (Lipinski definition) is 6. The van der Waals surface area contributed by atoms with Gasteiger partial charge in [-0.25, -0.2) is 4.99 Å². The summed E-state index contributed by atoms with van der Waals surface area (Å²) in [5.74, 6) is 0.485. The van der Waals surface area contributed by atoms with Gasteiger partial charge in [0.15, 0.2) is 16.3 Å². The van der Waals surface area contributed by atoms with Gasteiger partial charge in [-0.3, -0.25) is 9.36 Å². The molecule has 1 atom stereocenters. The van der Waals surface area contributed by atoms with E-state index in [1.165, 1.54) is 36.7 Å². The molecule has 1 N–H and O–H groups in total. The molecule has 0 radical (unpaired) electrons. The number of allylic oxidation sites excluding steroid dienone is 1. The van der Waals surface area contributed by atoms with Gasteiger partial charge in [-0.1, -0.05) is 65.9 Å². The Morgan fingerprint density at radius 3 is 2.42 bits per heavy atom. The second-order valence-corrected chi connectivity index (χ2v) is 9.81. The van der Waals surface area contributed by atoms with Gasteiger partial charge in [0.2, 0.25) is 5.75 Å². The Balaban J connectivity index is 1.60. The molecule has 0 spiro atoms. The van der Waals surface area contributed by atoms with E-state index in [-0.39, 0.29) is 28.8 Å². The summed E-state index contributed by atoms with van der Waals surface area (Å²) < 4.78 is 13.0. The zero-order chi connectivity index (χ0) is 24.8. The van der Waals surface area contributed by atoms with Gasteiger partial charge in [0.05, 0.1) is 30.5 Å². The molecule has 0 bridgehead atoms. The Hall–Kier alpha value is -4.10. The van der Waals surface area contributed by atoms with E-state index in [9.17, 15) is 9.90 Å². The molecule has 0 saturated carbocycles. The van der Waals surface area contributed by atoms with E-state index in [0.717, 1.165) is 29.7 Å². The summed E-state index contributed by atoms with van der Waals surface area (Å²) >= 11 is 1.37. The Kier molecular flexibility index (Phi) is 5.49. The lowest BCUT2D eigenvalue weighted by atomic mass is 9.83. The summed E-state index contributed by atoms with van der Waals surface area (Å²) in [6.45, 7) is 0. The van der Waals surface area contributed by atoms with Gasteiger partial charge in [0.1, 0.15) is 0 Å². The van der Waals surface area contributed by atoms with Crippen molar-refractivity contribution in [3.05, 3.63) is 114 Å². The van der Waals surface area contributed by atoms with Crippen molar-refractivity contribution in [3.63, 3.8) is 0 Å². The van der Waals surface area contributed by atoms with Gasteiger partial charge in [0, 0.05) is 5.56 Å². The summed E-state index contributed by atoms with van der Waals surface area (Å²) in [4.78, 5) is 19.6. The predicted molar refractivity (Wildman–Crippen MR) is 140 cm³/mol. The molecule has 0 unspecified atom stereocenters. The van der Waals surface area contributed by atoms with Crippen LogP contribution in [0.1, 0.15) is 34.7 Å². The molecule has 36 heavy (non-hydrogen) atoms. The molecule has 0 saturated heterocycles. The van der Waals surface area contributed by atoms with E-state index in [1.54, 1.807) is 18.2 Å². The summed E-state index contributed by atoms with van der Waals surface area (Å²) in [6, 6.07) is 21.7. The molecule has 2 heterocycles. The summed E-state index contributed by atoms with van der Waals surface area (Å²) in [6.07, 6.45) is 3.57. The Bertz CT molecular complexity index is 1670. The van der Waals surface area contributed by atoms with Crippen LogP contribution in [0.3, 0.4) is 0 Å². The molecule has 1 aromatic heterocycles. The molecule has 180 valence electrons. The zero-order valence-electron chi connectivity index (χ0n) is 19.9. The Morgan fingerprint density at radius 1 is 1.00 bits per heavy atom. The number of phenolic OH excluding ortho intramolecular Hbond substituents is 1. The lowest BCUT2D eigenvalue weighted by molar-refractivity contribution is 0.340. The maximum atomic E-state index is 13.8. The molecule has 1 aliphatic heterocycles. The van der Waals surface area contributed by atoms with Gasteiger partial charge in [-0.2, -0.15) is 0 Å². The second kappa shape index (κ2) is 8.84. The van der Waals surface area contributed by atoms with Crippen molar-refractivity contribution in [2.24, 2.45) is 4.99 Å². The lowest BCUT2D eigenvalue weighted by Crippen LogP contribution is -2.38. The smallest absolute Gasteiger partial charge is 0.271 e. The van der Waals surface area contributed by atoms with Crippen molar-refractivity contribution >= 4 is 23.1 Å². The molecule has 6 nitrogen and oxygen atoms in total. The summed E-state index contributed by atoms with van der Waals surface area (Å²) in [5, 5.41) is 10.3. The fourth-order valence-electron chi connectivity index (χ4n) is 5.11. The summed E-state index contributed by atoms with van der Waals surface area (Å²) in [7, 11) is 2.96. The number of nitrogens with zero attached hydrogens (tertiary/aromatic N) is 2. The minimum atomic E-state index is -0.211. The molecule has 7 heteroatoms. The summed E-state index contributed by atoms with van der Waals surface area (Å²) in [5.41, 5.74) is 6.25. The monoisotopic (exact) mass is 496 g/mol. The van der Waals surface area contributed by atoms with Crippen LogP contribution in [0.15, 0.2) is 82.1 Å². The number of fused-ring (bicyclic) bond motifs is 3. The number of ether oxygens (including phenoxy) is 2. The van der Waals surface area contributed by atoms with Crippen molar-refractivity contribution < 1.29 is 14.6 Å². The van der Waals surface area contributed by atoms with Crippen LogP contribution in [0.25, 0.3) is 11.8 Å². The molecule has 2 aliphatic rings. The van der Waals surface area contributed by atoms with Crippen molar-refractivity contribution in [2.45, 2.75) is 18.9 Å². The molecule has 1 aliphatic carbocycles. The molecular weight excluding hydrogens is 472 g/mol. The highest BCUT2D eigenvalue weighted by atomic mass is 32.1. The molecular formula is C29H24N2O4S. The van der Waals surface area contributed by atoms with Crippen LogP contribution in [0.4, 0.5) is 0 Å². The first kappa shape index (κ1) is 22.4. The fraction of sp³-hybridized carbons (Fsp3) is 0.172. The minimum Gasteiger partial charge on any atom is -0.502 e. The van der Waals surface area contributed by atoms with Crippen LogP contribution in [-0.2, 0) is 6.42 Å². The fourth-order valence-corrected chi connectivity index (χ4v) is 6.11. The highest BCUT2D eigenvalue weighted by molar-refractivity contribution is 7.07. The third kappa shape index (κ3) is 3.55. The van der Waals surface area contributed by atoms with Crippen molar-refractivity contribution in [2.75, 3.05) is 14.2 Å². The Labute approximate surface area is 211 Å². The topological polar surface area (TPSA) is 73.1 Å². The van der Waals surface area contributed by atoms with Gasteiger partial charge in [-0.05, 0) is 53.3 Å². The minimum absolute atomic E-state index is 0.0750. The van der Waals surface area contributed by atoms with E-state index in [2.05, 4.69) is 30.3 Å². The largest absolute Gasteiger partial charge is 0.502 e. The molecule has 4 aromatic rings. The maximum absolute atomic E-state index is 13.8. The number of benzene rings is 3. The highest BCUT2D eigenvalue weighted by Crippen LogP contribution is 2.41. The van der Waals surface area contributed by atoms with E-state index in [4.69, 9.17) is 14.5 Å². The lowest BCUT2D eigenvalue weighted by Gasteiger charge is -2.30. The first-order valence-corrected chi connectivity index (χ1v) is 12.5. The predicted octanol–water partition coefficient (Wildman–Crippen LogP) is 4.04. The van der Waals surface area contributed by atoms with E-state index in [0.29, 0.717) is 14.9 Å². The van der Waals surface area contributed by atoms with Crippen LogP contribution in [0.2, 0.25) is 0 Å². The van der Waals surface area contributed by atoms with Gasteiger partial charge in [0.25, 0.3) is 5.56 Å². The molecule has 6 rings (SSSR count). The number of aryl methyl sites for hydroxylation is 1. The van der Waals surface area contributed by atoms with E-state index in [1.807, 2.05) is 28.8 Å². The van der Waals surface area contributed by atoms with Gasteiger partial charge in [-0.15, -0.1) is 0 Å². The zero-order valence-corrected chi connectivity index (χ0v) is 20.7. The standard InChI is InChI=1S/C29H24N2O4S/c1-34-22-14-17(15-23(35-2)27(22)32)16-24-28(33)31-26(19-9-4-3-5-10-19)21-13-12-18-8-6-7-11-20(18)25(21)30-29(31)36-24/h3-11,14-16,26,32H,12-13H2,1-2H3/b24-16-/t26-/m0/s1. The third-order valence-corrected chi connectivity index (χ3v) is 7.77. The number of aromatic nitrogens is 1. The highest BCUT2D eigenvalue weighted by Gasteiger charge is 2.32. The van der Waals surface area contributed by atoms with Crippen LogP contribution in [-0.4, -0.2) is 23.9 Å². The Morgan fingerprint density at radius 2 is 1.69 bits per heavy atom. The first-order chi connectivity index (χ1) is 17.6. The van der Waals surface area contributed by atoms with Crippen LogP contribution in [0, 0.1) is 0 Å². The van der Waals surface area contributed by atoms with Gasteiger partial charge < -0.3 is 14.6 Å². The van der Waals surface area contributed by atoms with Crippen molar-refractivity contribution in [1.29, 1.82) is 0 Å². The number of aromatic hydroxyl groups is 1. The third-order valence-electron chi connectivity index (χ3n) is 6.79. The van der Waals surface area contributed by atoms with Crippen molar-refractivity contribution in [3.8, 4) is 17.2 Å². The van der Waals surface area contributed by atoms with Gasteiger partial charge >= 0.3 is 0 Å². The number of rotatable bonds is 4. The van der Waals surface area contributed by atoms with Crippen LogP contribution < -0.4 is 24.4 Å². The van der Waals surface area contributed by atoms with Crippen molar-refractivity contribution in [1.82, 2.24) is 4.57 Å². The SMILES string of the molecule is COc1cc(/C=c2\sc3n(c2=O)[C@@H](c2ccccc2)C2=C(N=3)c3ccccc3CC2)cc(OC)c1O. The second-order valence-electron chi connectivity index (χ2n) is 8.80. The average molecular weight is 497 g/mol. The van der Waals surface area contributed by atoms with Crippen LogP contribution in [0.5, 0.6) is 17.2 Å². The first-order valence-electron chi connectivity index (χ1n) is 11.7. The quantitative estimate of drug-likeness (QED) is 0.463. The van der Waals surface area contributed by atoms with E-state index < -0.39 is 0 Å². The number of methoxy groups -OCH3 is 2. The van der Waals surface area contributed by atoms with Crippen LogP contribution >= 0.6 is 11.3 Å².